The molecule has 1 saturated heterocycles. The SMILES string of the molecule is O=C(/C=C/N1CCN(Cc2cccc(C(F)(F)F)c2)CC1)c1cccc(OC(F)F)c1. The molecule has 31 heavy (non-hydrogen) atoms. The second kappa shape index (κ2) is 9.91. The van der Waals surface area contributed by atoms with Crippen molar-refractivity contribution in [2.75, 3.05) is 26.2 Å². The smallest absolute Gasteiger partial charge is 0.416 e. The molecule has 166 valence electrons. The lowest BCUT2D eigenvalue weighted by molar-refractivity contribution is -0.137. The number of ether oxygens (including phenoxy) is 1. The lowest BCUT2D eigenvalue weighted by Crippen LogP contribution is -2.43. The summed E-state index contributed by atoms with van der Waals surface area (Å²) in [6.45, 7) is -0.0710. The van der Waals surface area contributed by atoms with Gasteiger partial charge in [0.1, 0.15) is 5.75 Å². The van der Waals surface area contributed by atoms with Crippen molar-refractivity contribution in [3.8, 4) is 5.75 Å². The third-order valence-corrected chi connectivity index (χ3v) is 4.85. The molecule has 0 saturated carbocycles. The van der Waals surface area contributed by atoms with Crippen molar-refractivity contribution in [1.29, 1.82) is 0 Å². The second-order valence-corrected chi connectivity index (χ2v) is 7.10. The predicted molar refractivity (Wildman–Crippen MR) is 105 cm³/mol. The maximum Gasteiger partial charge on any atom is 0.416 e. The van der Waals surface area contributed by atoms with E-state index in [-0.39, 0.29) is 17.1 Å². The van der Waals surface area contributed by atoms with Gasteiger partial charge in [-0.3, -0.25) is 9.69 Å². The van der Waals surface area contributed by atoms with Crippen LogP contribution in [0.5, 0.6) is 5.75 Å². The standard InChI is InChI=1S/C22H21F5N2O2/c23-21(24)31-19-6-2-4-17(14-19)20(30)7-8-28-9-11-29(12-10-28)15-16-3-1-5-18(13-16)22(25,26)27/h1-8,13-14,21H,9-12,15H2/b8-7+. The average molecular weight is 440 g/mol. The molecular formula is C22H21F5N2O2. The van der Waals surface area contributed by atoms with Gasteiger partial charge in [0.05, 0.1) is 5.56 Å². The predicted octanol–water partition coefficient (Wildman–Crippen LogP) is 4.82. The molecule has 0 N–H and O–H groups in total. The normalized spacial score (nSPS) is 15.6. The summed E-state index contributed by atoms with van der Waals surface area (Å²) in [5.41, 5.74) is 0.172. The Morgan fingerprint density at radius 2 is 1.74 bits per heavy atom. The van der Waals surface area contributed by atoms with Crippen LogP contribution in [0, 0.1) is 0 Å². The molecule has 0 aromatic heterocycles. The minimum absolute atomic E-state index is 0.0857. The summed E-state index contributed by atoms with van der Waals surface area (Å²) in [4.78, 5) is 16.3. The van der Waals surface area contributed by atoms with Crippen molar-refractivity contribution in [3.05, 3.63) is 77.5 Å². The zero-order valence-corrected chi connectivity index (χ0v) is 16.5. The number of piperazine rings is 1. The molecule has 1 fully saturated rings. The summed E-state index contributed by atoms with van der Waals surface area (Å²) >= 11 is 0. The highest BCUT2D eigenvalue weighted by molar-refractivity contribution is 6.04. The molecule has 9 heteroatoms. The number of halogens is 5. The van der Waals surface area contributed by atoms with Crippen molar-refractivity contribution >= 4 is 5.78 Å². The summed E-state index contributed by atoms with van der Waals surface area (Å²) < 4.78 is 67.5. The average Bonchev–Trinajstić information content (AvgIpc) is 2.72. The maximum absolute atomic E-state index is 12.9. The highest BCUT2D eigenvalue weighted by Crippen LogP contribution is 2.29. The highest BCUT2D eigenvalue weighted by atomic mass is 19.4. The number of benzene rings is 2. The number of carbonyl (C=O) groups is 1. The summed E-state index contributed by atoms with van der Waals surface area (Å²) in [6, 6.07) is 10.9. The van der Waals surface area contributed by atoms with E-state index in [4.69, 9.17) is 0 Å². The Labute approximate surface area is 176 Å². The van der Waals surface area contributed by atoms with Crippen LogP contribution in [0.4, 0.5) is 22.0 Å². The first kappa shape index (κ1) is 22.7. The third kappa shape index (κ3) is 6.78. The molecule has 0 atom stereocenters. The maximum atomic E-state index is 12.9. The zero-order valence-electron chi connectivity index (χ0n) is 16.5. The van der Waals surface area contributed by atoms with Crippen molar-refractivity contribution in [2.45, 2.75) is 19.3 Å². The van der Waals surface area contributed by atoms with Gasteiger partial charge >= 0.3 is 12.8 Å². The monoisotopic (exact) mass is 440 g/mol. The van der Waals surface area contributed by atoms with Gasteiger partial charge in [-0.05, 0) is 23.8 Å². The lowest BCUT2D eigenvalue weighted by atomic mass is 10.1. The first-order chi connectivity index (χ1) is 14.7. The molecule has 0 unspecified atom stereocenters. The molecule has 0 aliphatic carbocycles. The van der Waals surface area contributed by atoms with Crippen LogP contribution in [0.15, 0.2) is 60.8 Å². The van der Waals surface area contributed by atoms with E-state index in [0.717, 1.165) is 12.1 Å². The van der Waals surface area contributed by atoms with E-state index in [2.05, 4.69) is 4.74 Å². The number of carbonyl (C=O) groups excluding carboxylic acids is 1. The summed E-state index contributed by atoms with van der Waals surface area (Å²) in [6.07, 6.45) is -1.36. The van der Waals surface area contributed by atoms with Crippen LogP contribution in [-0.2, 0) is 12.7 Å². The molecule has 3 rings (SSSR count). The Bertz CT molecular complexity index is 922. The second-order valence-electron chi connectivity index (χ2n) is 7.10. The zero-order chi connectivity index (χ0) is 22.4. The van der Waals surface area contributed by atoms with Crippen LogP contribution < -0.4 is 4.74 Å². The van der Waals surface area contributed by atoms with Gasteiger partial charge in [0, 0.05) is 50.6 Å². The topological polar surface area (TPSA) is 32.8 Å². The van der Waals surface area contributed by atoms with E-state index < -0.39 is 18.4 Å². The van der Waals surface area contributed by atoms with E-state index in [1.807, 2.05) is 9.80 Å². The Morgan fingerprint density at radius 3 is 2.42 bits per heavy atom. The van der Waals surface area contributed by atoms with E-state index in [0.29, 0.717) is 38.3 Å². The lowest BCUT2D eigenvalue weighted by Gasteiger charge is -2.34. The highest BCUT2D eigenvalue weighted by Gasteiger charge is 2.30. The van der Waals surface area contributed by atoms with E-state index in [1.54, 1.807) is 12.3 Å². The van der Waals surface area contributed by atoms with E-state index >= 15 is 0 Å². The fraction of sp³-hybridized carbons (Fsp3) is 0.318. The van der Waals surface area contributed by atoms with Crippen molar-refractivity contribution in [3.63, 3.8) is 0 Å². The van der Waals surface area contributed by atoms with Gasteiger partial charge in [0.15, 0.2) is 5.78 Å². The number of alkyl halides is 5. The number of nitrogens with zero attached hydrogens (tertiary/aromatic N) is 2. The van der Waals surface area contributed by atoms with Gasteiger partial charge < -0.3 is 9.64 Å². The molecule has 2 aromatic carbocycles. The molecule has 0 radical (unpaired) electrons. The van der Waals surface area contributed by atoms with Crippen LogP contribution in [0.2, 0.25) is 0 Å². The minimum atomic E-state index is -4.36. The van der Waals surface area contributed by atoms with Crippen LogP contribution in [0.1, 0.15) is 21.5 Å². The fourth-order valence-electron chi connectivity index (χ4n) is 3.27. The van der Waals surface area contributed by atoms with E-state index in [1.165, 1.54) is 36.4 Å². The molecular weight excluding hydrogens is 419 g/mol. The molecule has 2 aromatic rings. The van der Waals surface area contributed by atoms with Crippen LogP contribution in [0.3, 0.4) is 0 Å². The Hall–Kier alpha value is -2.94. The molecule has 4 nitrogen and oxygen atoms in total. The largest absolute Gasteiger partial charge is 0.435 e. The van der Waals surface area contributed by atoms with Crippen molar-refractivity contribution in [2.24, 2.45) is 0 Å². The Kier molecular flexibility index (Phi) is 7.27. The van der Waals surface area contributed by atoms with Crippen LogP contribution >= 0.6 is 0 Å². The number of hydrogen-bond acceptors (Lipinski definition) is 4. The van der Waals surface area contributed by atoms with Crippen molar-refractivity contribution < 1.29 is 31.5 Å². The molecule has 1 heterocycles. The number of rotatable bonds is 7. The molecule has 1 aliphatic rings. The Morgan fingerprint density at radius 1 is 1.03 bits per heavy atom. The first-order valence-electron chi connectivity index (χ1n) is 9.60. The van der Waals surface area contributed by atoms with Gasteiger partial charge in [0.25, 0.3) is 0 Å². The third-order valence-electron chi connectivity index (χ3n) is 4.85. The fourth-order valence-corrected chi connectivity index (χ4v) is 3.27. The summed E-state index contributed by atoms with van der Waals surface area (Å²) in [7, 11) is 0. The number of ketones is 1. The van der Waals surface area contributed by atoms with Gasteiger partial charge in [-0.15, -0.1) is 0 Å². The van der Waals surface area contributed by atoms with Crippen LogP contribution in [-0.4, -0.2) is 48.4 Å². The van der Waals surface area contributed by atoms with E-state index in [9.17, 15) is 26.7 Å². The van der Waals surface area contributed by atoms with Gasteiger partial charge in [-0.2, -0.15) is 22.0 Å². The van der Waals surface area contributed by atoms with Gasteiger partial charge in [-0.25, -0.2) is 0 Å². The van der Waals surface area contributed by atoms with Gasteiger partial charge in [-0.1, -0.05) is 30.3 Å². The van der Waals surface area contributed by atoms with Gasteiger partial charge in [0.2, 0.25) is 0 Å². The number of allylic oxidation sites excluding steroid dienone is 1. The molecule has 0 spiro atoms. The summed E-state index contributed by atoms with van der Waals surface area (Å²) in [5, 5.41) is 0. The molecule has 0 amide bonds. The Balaban J connectivity index is 1.51. The number of hydrogen-bond donors (Lipinski definition) is 0. The van der Waals surface area contributed by atoms with Crippen molar-refractivity contribution in [1.82, 2.24) is 9.80 Å². The van der Waals surface area contributed by atoms with Crippen LogP contribution in [0.25, 0.3) is 0 Å². The quantitative estimate of drug-likeness (QED) is 0.351. The molecule has 0 bridgehead atoms. The molecule has 1 aliphatic heterocycles. The first-order valence-corrected chi connectivity index (χ1v) is 9.60. The summed E-state index contributed by atoms with van der Waals surface area (Å²) in [5.74, 6) is -0.427. The minimum Gasteiger partial charge on any atom is -0.435 e.